The number of carbonyl (C=O) groups is 1. The summed E-state index contributed by atoms with van der Waals surface area (Å²) in [5.41, 5.74) is 2.16. The molecule has 1 atom stereocenters. The first kappa shape index (κ1) is 25.9. The zero-order chi connectivity index (χ0) is 24.0. The van der Waals surface area contributed by atoms with Crippen LogP contribution < -0.4 is 16.0 Å². The number of anilines is 1. The third-order valence-electron chi connectivity index (χ3n) is 4.59. The van der Waals surface area contributed by atoms with E-state index in [1.165, 1.54) is 0 Å². The van der Waals surface area contributed by atoms with E-state index in [0.717, 1.165) is 11.1 Å². The highest BCUT2D eigenvalue weighted by Crippen LogP contribution is 2.31. The second-order valence-electron chi connectivity index (χ2n) is 6.96. The standard InChI is InChI=1S/C23H18Cl5N3OS/c24-17-12-11-16(13-18(17)25)29-22(33)31-21(23(26,27)28)30-20(32)19(14-7-3-1-4-8-14)15-9-5-2-6-10-15/h1-13,19,21H,(H,30,32)(H2,29,31,33)/t21-/m0/s1. The van der Waals surface area contributed by atoms with E-state index in [4.69, 9.17) is 70.2 Å². The minimum atomic E-state index is -1.91. The normalized spacial score (nSPS) is 12.2. The first-order valence-electron chi connectivity index (χ1n) is 9.64. The summed E-state index contributed by atoms with van der Waals surface area (Å²) in [6.45, 7) is 0. The van der Waals surface area contributed by atoms with Crippen LogP contribution in [-0.4, -0.2) is 21.0 Å². The Hall–Kier alpha value is -1.73. The molecule has 3 N–H and O–H groups in total. The molecule has 0 fully saturated rings. The van der Waals surface area contributed by atoms with Gasteiger partial charge in [0.25, 0.3) is 0 Å². The summed E-state index contributed by atoms with van der Waals surface area (Å²) in [5, 5.41) is 9.41. The number of benzene rings is 3. The Morgan fingerprint density at radius 2 is 1.33 bits per heavy atom. The van der Waals surface area contributed by atoms with Crippen molar-refractivity contribution in [2.24, 2.45) is 0 Å². The minimum absolute atomic E-state index is 0.112. The molecule has 0 aliphatic rings. The van der Waals surface area contributed by atoms with Crippen molar-refractivity contribution in [3.05, 3.63) is 100 Å². The van der Waals surface area contributed by atoms with E-state index in [1.807, 2.05) is 60.7 Å². The van der Waals surface area contributed by atoms with Crippen LogP contribution in [0.2, 0.25) is 10.0 Å². The van der Waals surface area contributed by atoms with Gasteiger partial charge >= 0.3 is 0 Å². The summed E-state index contributed by atoms with van der Waals surface area (Å²) < 4.78 is -1.91. The van der Waals surface area contributed by atoms with Crippen LogP contribution >= 0.6 is 70.2 Å². The Labute approximate surface area is 222 Å². The van der Waals surface area contributed by atoms with Crippen LogP contribution in [-0.2, 0) is 4.79 Å². The van der Waals surface area contributed by atoms with Crippen molar-refractivity contribution in [2.75, 3.05) is 5.32 Å². The molecule has 0 aromatic heterocycles. The van der Waals surface area contributed by atoms with Crippen molar-refractivity contribution in [3.63, 3.8) is 0 Å². The van der Waals surface area contributed by atoms with E-state index >= 15 is 0 Å². The summed E-state index contributed by atoms with van der Waals surface area (Å²) in [4.78, 5) is 13.4. The van der Waals surface area contributed by atoms with Crippen molar-refractivity contribution in [3.8, 4) is 0 Å². The molecule has 0 aliphatic heterocycles. The largest absolute Gasteiger partial charge is 0.339 e. The van der Waals surface area contributed by atoms with Gasteiger partial charge in [-0.2, -0.15) is 0 Å². The Bertz CT molecular complexity index is 1070. The van der Waals surface area contributed by atoms with E-state index in [-0.39, 0.29) is 11.0 Å². The number of thiocarbonyl (C=S) groups is 1. The van der Waals surface area contributed by atoms with Gasteiger partial charge in [-0.25, -0.2) is 0 Å². The number of carbonyl (C=O) groups excluding carboxylic acids is 1. The number of hydrogen-bond donors (Lipinski definition) is 3. The molecule has 10 heteroatoms. The molecule has 4 nitrogen and oxygen atoms in total. The molecule has 3 aromatic rings. The summed E-state index contributed by atoms with van der Waals surface area (Å²) in [7, 11) is 0. The fourth-order valence-corrected chi connectivity index (χ4v) is 3.94. The topological polar surface area (TPSA) is 53.2 Å². The van der Waals surface area contributed by atoms with E-state index in [0.29, 0.717) is 15.7 Å². The summed E-state index contributed by atoms with van der Waals surface area (Å²) >= 11 is 35.8. The fraction of sp³-hybridized carbons (Fsp3) is 0.130. The van der Waals surface area contributed by atoms with Crippen LogP contribution in [0.3, 0.4) is 0 Å². The van der Waals surface area contributed by atoms with Gasteiger partial charge in [0.2, 0.25) is 9.70 Å². The maximum Gasteiger partial charge on any atom is 0.233 e. The first-order valence-corrected chi connectivity index (χ1v) is 11.9. The molecule has 3 rings (SSSR count). The lowest BCUT2D eigenvalue weighted by Crippen LogP contribution is -2.57. The SMILES string of the molecule is O=C(N[C@@H](NC(=S)Nc1ccc(Cl)c(Cl)c1)C(Cl)(Cl)Cl)C(c1ccccc1)c1ccccc1. The summed E-state index contributed by atoms with van der Waals surface area (Å²) in [6, 6.07) is 23.6. The minimum Gasteiger partial charge on any atom is -0.339 e. The molecule has 172 valence electrons. The average Bonchev–Trinajstić information content (AvgIpc) is 2.77. The Morgan fingerprint density at radius 1 is 0.788 bits per heavy atom. The van der Waals surface area contributed by atoms with Crippen LogP contribution in [0.4, 0.5) is 5.69 Å². The molecular formula is C23H18Cl5N3OS. The van der Waals surface area contributed by atoms with Gasteiger partial charge in [-0.15, -0.1) is 0 Å². The van der Waals surface area contributed by atoms with E-state index in [2.05, 4.69) is 16.0 Å². The molecule has 33 heavy (non-hydrogen) atoms. The second kappa shape index (κ2) is 11.6. The third kappa shape index (κ3) is 7.38. The van der Waals surface area contributed by atoms with Crippen LogP contribution in [0.15, 0.2) is 78.9 Å². The lowest BCUT2D eigenvalue weighted by Gasteiger charge is -2.29. The van der Waals surface area contributed by atoms with Crippen molar-refractivity contribution in [2.45, 2.75) is 15.9 Å². The van der Waals surface area contributed by atoms with Gasteiger partial charge in [0, 0.05) is 5.69 Å². The maximum absolute atomic E-state index is 13.4. The van der Waals surface area contributed by atoms with Crippen molar-refractivity contribution in [1.82, 2.24) is 10.6 Å². The Balaban J connectivity index is 1.80. The smallest absolute Gasteiger partial charge is 0.233 e. The highest BCUT2D eigenvalue weighted by atomic mass is 35.6. The average molecular weight is 562 g/mol. The predicted molar refractivity (Wildman–Crippen MR) is 143 cm³/mol. The van der Waals surface area contributed by atoms with Crippen molar-refractivity contribution < 1.29 is 4.79 Å². The second-order valence-corrected chi connectivity index (χ2v) is 10.6. The summed E-state index contributed by atoms with van der Waals surface area (Å²) in [6.07, 6.45) is -1.13. The number of hydrogen-bond acceptors (Lipinski definition) is 2. The van der Waals surface area contributed by atoms with Gasteiger partial charge < -0.3 is 16.0 Å². The van der Waals surface area contributed by atoms with Gasteiger partial charge in [-0.1, -0.05) is 119 Å². The molecule has 0 aliphatic carbocycles. The molecule has 0 saturated heterocycles. The third-order valence-corrected chi connectivity index (χ3v) is 6.21. The van der Waals surface area contributed by atoms with Crippen LogP contribution in [0, 0.1) is 0 Å². The number of rotatable bonds is 6. The zero-order valence-electron chi connectivity index (χ0n) is 16.9. The monoisotopic (exact) mass is 559 g/mol. The van der Waals surface area contributed by atoms with Crippen molar-refractivity contribution in [1.29, 1.82) is 0 Å². The Kier molecular flexibility index (Phi) is 9.10. The number of alkyl halides is 3. The van der Waals surface area contributed by atoms with Gasteiger partial charge in [-0.3, -0.25) is 4.79 Å². The number of halogens is 5. The highest BCUT2D eigenvalue weighted by Gasteiger charge is 2.36. The van der Waals surface area contributed by atoms with Crippen LogP contribution in [0.25, 0.3) is 0 Å². The van der Waals surface area contributed by atoms with Gasteiger partial charge in [0.05, 0.1) is 16.0 Å². The molecule has 0 heterocycles. The molecular weight excluding hydrogens is 544 g/mol. The van der Waals surface area contributed by atoms with Crippen LogP contribution in [0.5, 0.6) is 0 Å². The first-order chi connectivity index (χ1) is 15.6. The fourth-order valence-electron chi connectivity index (χ4n) is 3.08. The molecule has 0 unspecified atom stereocenters. The lowest BCUT2D eigenvalue weighted by atomic mass is 9.90. The Morgan fingerprint density at radius 3 is 1.82 bits per heavy atom. The maximum atomic E-state index is 13.4. The van der Waals surface area contributed by atoms with E-state index in [1.54, 1.807) is 18.2 Å². The molecule has 3 aromatic carbocycles. The van der Waals surface area contributed by atoms with E-state index < -0.39 is 15.9 Å². The number of amides is 1. The van der Waals surface area contributed by atoms with Gasteiger partial charge in [0.1, 0.15) is 6.17 Å². The van der Waals surface area contributed by atoms with Gasteiger partial charge in [0.15, 0.2) is 5.11 Å². The lowest BCUT2D eigenvalue weighted by molar-refractivity contribution is -0.122. The molecule has 0 bridgehead atoms. The molecule has 1 amide bonds. The zero-order valence-corrected chi connectivity index (χ0v) is 21.5. The molecule has 0 spiro atoms. The predicted octanol–water partition coefficient (Wildman–Crippen LogP) is 6.92. The quantitative estimate of drug-likeness (QED) is 0.174. The highest BCUT2D eigenvalue weighted by molar-refractivity contribution is 7.80. The summed E-state index contributed by atoms with van der Waals surface area (Å²) in [5.74, 6) is -0.991. The van der Waals surface area contributed by atoms with Gasteiger partial charge in [-0.05, 0) is 41.5 Å². The van der Waals surface area contributed by atoms with E-state index in [9.17, 15) is 4.79 Å². The molecule has 0 saturated carbocycles. The molecule has 0 radical (unpaired) electrons. The van der Waals surface area contributed by atoms with Crippen molar-refractivity contribution >= 4 is 86.9 Å². The number of nitrogens with one attached hydrogen (secondary N) is 3. The van der Waals surface area contributed by atoms with Crippen LogP contribution in [0.1, 0.15) is 17.0 Å².